The van der Waals surface area contributed by atoms with E-state index in [4.69, 9.17) is 0 Å². The van der Waals surface area contributed by atoms with E-state index >= 15 is 0 Å². The van der Waals surface area contributed by atoms with E-state index in [9.17, 15) is 0 Å². The van der Waals surface area contributed by atoms with Gasteiger partial charge in [-0.15, -0.1) is 11.3 Å². The first-order valence-electron chi connectivity index (χ1n) is 2.11. The van der Waals surface area contributed by atoms with Crippen LogP contribution in [0.1, 0.15) is 4.88 Å². The molecule has 0 radical (unpaired) electrons. The molecule has 0 aliphatic rings. The number of rotatable bonds is 0. The first-order chi connectivity index (χ1) is 3.70. The lowest BCUT2D eigenvalue weighted by molar-refractivity contribution is 1.62. The summed E-state index contributed by atoms with van der Waals surface area (Å²) in [5.41, 5.74) is 0. The van der Waals surface area contributed by atoms with Gasteiger partial charge in [-0.25, -0.2) is 0 Å². The van der Waals surface area contributed by atoms with Crippen LogP contribution in [0.15, 0.2) is 14.3 Å². The van der Waals surface area contributed by atoms with Gasteiger partial charge in [0.2, 0.25) is 0 Å². The van der Waals surface area contributed by atoms with Crippen LogP contribution in [-0.4, -0.2) is 0 Å². The molecule has 0 atom stereocenters. The van der Waals surface area contributed by atoms with Crippen LogP contribution in [-0.2, 0) is 0 Å². The van der Waals surface area contributed by atoms with Crippen LogP contribution >= 0.6 is 43.2 Å². The summed E-state index contributed by atoms with van der Waals surface area (Å²) in [5, 5.41) is 0. The average molecular weight is 256 g/mol. The lowest BCUT2D eigenvalue weighted by Gasteiger charge is -1.74. The molecule has 0 bridgehead atoms. The predicted molar refractivity (Wildman–Crippen MR) is 44.5 cm³/mol. The molecule has 8 heavy (non-hydrogen) atoms. The summed E-state index contributed by atoms with van der Waals surface area (Å²) in [6.45, 7) is 2.08. The lowest BCUT2D eigenvalue weighted by atomic mass is 10.5. The fraction of sp³-hybridized carbons (Fsp3) is 0.200. The predicted octanol–water partition coefficient (Wildman–Crippen LogP) is 3.58. The van der Waals surface area contributed by atoms with Gasteiger partial charge in [0.15, 0.2) is 0 Å². The van der Waals surface area contributed by atoms with Crippen molar-refractivity contribution >= 4 is 43.2 Å². The van der Waals surface area contributed by atoms with E-state index in [1.807, 2.05) is 0 Å². The maximum atomic E-state index is 3.39. The van der Waals surface area contributed by atoms with Crippen molar-refractivity contribution in [2.24, 2.45) is 0 Å². The zero-order chi connectivity index (χ0) is 6.15. The van der Waals surface area contributed by atoms with Crippen molar-refractivity contribution in [3.8, 4) is 0 Å². The van der Waals surface area contributed by atoms with Crippen LogP contribution in [0.3, 0.4) is 0 Å². The molecule has 0 aromatic carbocycles. The van der Waals surface area contributed by atoms with E-state index in [1.54, 1.807) is 11.3 Å². The highest BCUT2D eigenvalue weighted by molar-refractivity contribution is 9.13. The number of hydrogen-bond acceptors (Lipinski definition) is 1. The van der Waals surface area contributed by atoms with Gasteiger partial charge in [0.25, 0.3) is 0 Å². The molecule has 0 saturated carbocycles. The standard InChI is InChI=1S/C5H4Br2S/c1-3-2-4(6)5(7)8-3/h2H,1H3. The minimum atomic E-state index is 1.15. The van der Waals surface area contributed by atoms with Crippen LogP contribution in [0.25, 0.3) is 0 Å². The van der Waals surface area contributed by atoms with Gasteiger partial charge >= 0.3 is 0 Å². The molecular formula is C5H4Br2S. The Bertz CT molecular complexity index is 173. The summed E-state index contributed by atoms with van der Waals surface area (Å²) in [6.07, 6.45) is 0. The van der Waals surface area contributed by atoms with Crippen molar-refractivity contribution in [1.29, 1.82) is 0 Å². The highest BCUT2D eigenvalue weighted by Gasteiger charge is 1.97. The van der Waals surface area contributed by atoms with Gasteiger partial charge in [-0.3, -0.25) is 0 Å². The Balaban J connectivity index is 3.14. The molecule has 0 saturated heterocycles. The smallest absolute Gasteiger partial charge is 0.0843 e. The van der Waals surface area contributed by atoms with Gasteiger partial charge in [-0.1, -0.05) is 0 Å². The third kappa shape index (κ3) is 1.33. The summed E-state index contributed by atoms with van der Waals surface area (Å²) in [5.74, 6) is 0. The van der Waals surface area contributed by atoms with Crippen LogP contribution < -0.4 is 0 Å². The minimum Gasteiger partial charge on any atom is -0.132 e. The second kappa shape index (κ2) is 2.50. The Morgan fingerprint density at radius 2 is 2.12 bits per heavy atom. The third-order valence-corrected chi connectivity index (χ3v) is 3.94. The molecular weight excluding hydrogens is 252 g/mol. The molecule has 0 amide bonds. The van der Waals surface area contributed by atoms with Crippen LogP contribution in [0, 0.1) is 6.92 Å². The zero-order valence-electron chi connectivity index (χ0n) is 4.24. The van der Waals surface area contributed by atoms with E-state index in [1.165, 1.54) is 8.66 Å². The van der Waals surface area contributed by atoms with Gasteiger partial charge < -0.3 is 0 Å². The normalized spacial score (nSPS) is 9.88. The highest BCUT2D eigenvalue weighted by atomic mass is 79.9. The SMILES string of the molecule is Cc1cc(Br)c(Br)s1. The monoisotopic (exact) mass is 254 g/mol. The van der Waals surface area contributed by atoms with E-state index in [2.05, 4.69) is 44.8 Å². The van der Waals surface area contributed by atoms with Crippen LogP contribution in [0.4, 0.5) is 0 Å². The molecule has 1 heterocycles. The fourth-order valence-electron chi connectivity index (χ4n) is 0.455. The molecule has 0 nitrogen and oxygen atoms in total. The number of aryl methyl sites for hydroxylation is 1. The molecule has 44 valence electrons. The van der Waals surface area contributed by atoms with Crippen LogP contribution in [0.5, 0.6) is 0 Å². The maximum absolute atomic E-state index is 3.39. The van der Waals surface area contributed by atoms with E-state index in [0.717, 1.165) is 4.47 Å². The lowest BCUT2D eigenvalue weighted by Crippen LogP contribution is -1.48. The summed E-state index contributed by atoms with van der Waals surface area (Å²) in [7, 11) is 0. The Labute approximate surface area is 69.2 Å². The Kier molecular flexibility index (Phi) is 2.12. The van der Waals surface area contributed by atoms with Crippen molar-refractivity contribution in [2.75, 3.05) is 0 Å². The number of halogens is 2. The quantitative estimate of drug-likeness (QED) is 0.665. The average Bonchev–Trinajstić information content (AvgIpc) is 1.85. The van der Waals surface area contributed by atoms with E-state index in [0.29, 0.717) is 0 Å². The van der Waals surface area contributed by atoms with Crippen molar-refractivity contribution in [1.82, 2.24) is 0 Å². The van der Waals surface area contributed by atoms with Gasteiger partial charge in [0.1, 0.15) is 0 Å². The zero-order valence-corrected chi connectivity index (χ0v) is 8.23. The second-order valence-electron chi connectivity index (χ2n) is 1.48. The molecule has 1 rings (SSSR count). The van der Waals surface area contributed by atoms with Crippen molar-refractivity contribution < 1.29 is 0 Å². The van der Waals surface area contributed by atoms with Gasteiger partial charge in [-0.2, -0.15) is 0 Å². The van der Waals surface area contributed by atoms with E-state index in [-0.39, 0.29) is 0 Å². The maximum Gasteiger partial charge on any atom is 0.0843 e. The van der Waals surface area contributed by atoms with Crippen molar-refractivity contribution in [2.45, 2.75) is 6.92 Å². The minimum absolute atomic E-state index is 1.15. The molecule has 3 heteroatoms. The molecule has 0 fully saturated rings. The Morgan fingerprint density at radius 3 is 2.25 bits per heavy atom. The number of thiophene rings is 1. The largest absolute Gasteiger partial charge is 0.132 e. The molecule has 1 aromatic heterocycles. The van der Waals surface area contributed by atoms with Gasteiger partial charge in [0.05, 0.1) is 3.79 Å². The first-order valence-corrected chi connectivity index (χ1v) is 4.52. The molecule has 0 N–H and O–H groups in total. The second-order valence-corrected chi connectivity index (χ2v) is 4.91. The highest BCUT2D eigenvalue weighted by Crippen LogP contribution is 2.31. The van der Waals surface area contributed by atoms with Crippen LogP contribution in [0.2, 0.25) is 0 Å². The molecule has 0 aliphatic carbocycles. The van der Waals surface area contributed by atoms with Crippen molar-refractivity contribution in [3.63, 3.8) is 0 Å². The Morgan fingerprint density at radius 1 is 1.50 bits per heavy atom. The van der Waals surface area contributed by atoms with Gasteiger partial charge in [0, 0.05) is 9.35 Å². The summed E-state index contributed by atoms with van der Waals surface area (Å²) in [6, 6.07) is 2.09. The first kappa shape index (κ1) is 6.78. The summed E-state index contributed by atoms with van der Waals surface area (Å²) in [4.78, 5) is 1.32. The van der Waals surface area contributed by atoms with Gasteiger partial charge in [-0.05, 0) is 44.8 Å². The number of hydrogen-bond donors (Lipinski definition) is 0. The van der Waals surface area contributed by atoms with Crippen molar-refractivity contribution in [3.05, 3.63) is 19.2 Å². The third-order valence-electron chi connectivity index (χ3n) is 0.768. The summed E-state index contributed by atoms with van der Waals surface area (Å²) < 4.78 is 2.33. The topological polar surface area (TPSA) is 0 Å². The molecule has 1 aromatic rings. The fourth-order valence-corrected chi connectivity index (χ4v) is 2.69. The molecule has 0 aliphatic heterocycles. The van der Waals surface area contributed by atoms with E-state index < -0.39 is 0 Å². The molecule has 0 spiro atoms. The molecule has 0 unspecified atom stereocenters. The summed E-state index contributed by atoms with van der Waals surface area (Å²) >= 11 is 8.51. The Hall–Kier alpha value is 0.660.